The third-order valence-corrected chi connectivity index (χ3v) is 4.16. The number of alkyl halides is 1. The van der Waals surface area contributed by atoms with Gasteiger partial charge in [-0.2, -0.15) is 0 Å². The Hall–Kier alpha value is -1.48. The van der Waals surface area contributed by atoms with Gasteiger partial charge in [-0.15, -0.1) is 0 Å². The first kappa shape index (κ1) is 15.9. The average Bonchev–Trinajstić information content (AvgIpc) is 2.53. The highest BCUT2D eigenvalue weighted by atomic mass is 79.9. The van der Waals surface area contributed by atoms with Crippen LogP contribution in [0.2, 0.25) is 0 Å². The summed E-state index contributed by atoms with van der Waals surface area (Å²) in [7, 11) is 0. The van der Waals surface area contributed by atoms with Crippen molar-refractivity contribution in [2.24, 2.45) is 0 Å². The topological polar surface area (TPSA) is 18.5 Å². The molecular weight excluding hydrogens is 328 g/mol. The minimum atomic E-state index is 0.151. The minimum Gasteiger partial charge on any atom is -0.494 e. The second-order valence-corrected chi connectivity index (χ2v) is 5.70. The van der Waals surface area contributed by atoms with E-state index in [2.05, 4.69) is 47.1 Å². The van der Waals surface area contributed by atoms with Gasteiger partial charge in [-0.05, 0) is 48.7 Å². The lowest BCUT2D eigenvalue weighted by Crippen LogP contribution is -1.98. The van der Waals surface area contributed by atoms with Crippen LogP contribution < -0.4 is 9.47 Å². The molecule has 2 aromatic carbocycles. The van der Waals surface area contributed by atoms with Gasteiger partial charge in [0.25, 0.3) is 0 Å². The van der Waals surface area contributed by atoms with Crippen molar-refractivity contribution >= 4 is 15.9 Å². The normalized spacial score (nSPS) is 12.0. The number of ether oxygens (including phenoxy) is 2. The molecule has 1 unspecified atom stereocenters. The Bertz CT molecular complexity index is 551. The fraction of sp³-hybridized carbons (Fsp3) is 0.333. The van der Waals surface area contributed by atoms with E-state index >= 15 is 0 Å². The maximum atomic E-state index is 5.69. The number of hydrogen-bond acceptors (Lipinski definition) is 2. The Kier molecular flexibility index (Phi) is 6.12. The van der Waals surface area contributed by atoms with Gasteiger partial charge >= 0.3 is 0 Å². The van der Waals surface area contributed by atoms with E-state index < -0.39 is 0 Å². The SMILES string of the molecule is CCCOc1cccc(C(Br)c2ccc(OCC)cc2)c1. The van der Waals surface area contributed by atoms with E-state index in [1.54, 1.807) is 0 Å². The minimum absolute atomic E-state index is 0.151. The molecule has 0 N–H and O–H groups in total. The van der Waals surface area contributed by atoms with Crippen LogP contribution in [0.3, 0.4) is 0 Å². The van der Waals surface area contributed by atoms with Gasteiger partial charge in [0, 0.05) is 0 Å². The molecule has 0 aromatic heterocycles. The third-order valence-electron chi connectivity index (χ3n) is 3.11. The molecule has 0 amide bonds. The van der Waals surface area contributed by atoms with Crippen LogP contribution in [0.15, 0.2) is 48.5 Å². The molecule has 0 heterocycles. The first-order valence-corrected chi connectivity index (χ1v) is 8.25. The second kappa shape index (κ2) is 8.08. The van der Waals surface area contributed by atoms with Crippen LogP contribution in [0.4, 0.5) is 0 Å². The fourth-order valence-electron chi connectivity index (χ4n) is 2.07. The van der Waals surface area contributed by atoms with Gasteiger partial charge in [-0.1, -0.05) is 47.1 Å². The lowest BCUT2D eigenvalue weighted by molar-refractivity contribution is 0.317. The van der Waals surface area contributed by atoms with Crippen LogP contribution in [0, 0.1) is 0 Å². The van der Waals surface area contributed by atoms with Gasteiger partial charge in [-0.3, -0.25) is 0 Å². The Morgan fingerprint density at radius 2 is 1.67 bits per heavy atom. The quantitative estimate of drug-likeness (QED) is 0.627. The molecule has 0 aliphatic carbocycles. The van der Waals surface area contributed by atoms with E-state index in [1.165, 1.54) is 11.1 Å². The van der Waals surface area contributed by atoms with Crippen molar-refractivity contribution in [3.05, 3.63) is 59.7 Å². The van der Waals surface area contributed by atoms with Gasteiger partial charge in [0.1, 0.15) is 11.5 Å². The fourth-order valence-corrected chi connectivity index (χ4v) is 2.66. The van der Waals surface area contributed by atoms with Gasteiger partial charge in [-0.25, -0.2) is 0 Å². The smallest absolute Gasteiger partial charge is 0.119 e. The molecule has 0 fully saturated rings. The standard InChI is InChI=1S/C18H21BrO2/c1-3-12-21-17-7-5-6-15(13-17)18(19)14-8-10-16(11-9-14)20-4-2/h5-11,13,18H,3-4,12H2,1-2H3. The monoisotopic (exact) mass is 348 g/mol. The molecule has 1 atom stereocenters. The van der Waals surface area contributed by atoms with E-state index in [4.69, 9.17) is 9.47 Å². The van der Waals surface area contributed by atoms with Crippen molar-refractivity contribution < 1.29 is 9.47 Å². The zero-order chi connectivity index (χ0) is 15.1. The lowest BCUT2D eigenvalue weighted by atomic mass is 10.0. The highest BCUT2D eigenvalue weighted by molar-refractivity contribution is 9.09. The zero-order valence-corrected chi connectivity index (χ0v) is 14.1. The number of rotatable bonds is 7. The van der Waals surface area contributed by atoms with Crippen molar-refractivity contribution in [3.63, 3.8) is 0 Å². The largest absolute Gasteiger partial charge is 0.494 e. The van der Waals surface area contributed by atoms with Crippen LogP contribution >= 0.6 is 15.9 Å². The van der Waals surface area contributed by atoms with Gasteiger partial charge < -0.3 is 9.47 Å². The lowest BCUT2D eigenvalue weighted by Gasteiger charge is -2.13. The maximum absolute atomic E-state index is 5.69. The summed E-state index contributed by atoms with van der Waals surface area (Å²) in [6.45, 7) is 5.54. The van der Waals surface area contributed by atoms with Crippen LogP contribution in [-0.4, -0.2) is 13.2 Å². The van der Waals surface area contributed by atoms with Gasteiger partial charge in [0.15, 0.2) is 0 Å². The van der Waals surface area contributed by atoms with Crippen molar-refractivity contribution in [2.45, 2.75) is 25.1 Å². The Labute approximate surface area is 135 Å². The molecule has 21 heavy (non-hydrogen) atoms. The molecule has 0 saturated heterocycles. The molecule has 0 spiro atoms. The summed E-state index contributed by atoms with van der Waals surface area (Å²) in [5, 5.41) is 0. The summed E-state index contributed by atoms with van der Waals surface area (Å²) in [6.07, 6.45) is 1.01. The van der Waals surface area contributed by atoms with E-state index in [0.717, 1.165) is 24.5 Å². The summed E-state index contributed by atoms with van der Waals surface area (Å²) in [5.41, 5.74) is 2.39. The van der Waals surface area contributed by atoms with Crippen molar-refractivity contribution in [1.29, 1.82) is 0 Å². The van der Waals surface area contributed by atoms with E-state index in [-0.39, 0.29) is 4.83 Å². The molecule has 0 saturated carbocycles. The van der Waals surface area contributed by atoms with Gasteiger partial charge in [0.05, 0.1) is 18.0 Å². The summed E-state index contributed by atoms with van der Waals surface area (Å²) in [6, 6.07) is 16.4. The molecular formula is C18H21BrO2. The van der Waals surface area contributed by atoms with Crippen LogP contribution in [-0.2, 0) is 0 Å². The van der Waals surface area contributed by atoms with Crippen LogP contribution in [0.5, 0.6) is 11.5 Å². The summed E-state index contributed by atoms with van der Waals surface area (Å²) < 4.78 is 11.2. The molecule has 2 nitrogen and oxygen atoms in total. The first-order valence-electron chi connectivity index (χ1n) is 7.34. The maximum Gasteiger partial charge on any atom is 0.119 e. The molecule has 0 radical (unpaired) electrons. The van der Waals surface area contributed by atoms with E-state index in [9.17, 15) is 0 Å². The molecule has 112 valence electrons. The van der Waals surface area contributed by atoms with Crippen molar-refractivity contribution in [1.82, 2.24) is 0 Å². The summed E-state index contributed by atoms with van der Waals surface area (Å²) in [5.74, 6) is 1.82. The highest BCUT2D eigenvalue weighted by Crippen LogP contribution is 2.33. The first-order chi connectivity index (χ1) is 10.2. The third kappa shape index (κ3) is 4.50. The predicted molar refractivity (Wildman–Crippen MR) is 90.6 cm³/mol. The van der Waals surface area contributed by atoms with Crippen LogP contribution in [0.1, 0.15) is 36.2 Å². The van der Waals surface area contributed by atoms with Crippen molar-refractivity contribution in [2.75, 3.05) is 13.2 Å². The molecule has 0 bridgehead atoms. The zero-order valence-electron chi connectivity index (χ0n) is 12.5. The molecule has 2 rings (SSSR count). The van der Waals surface area contributed by atoms with Gasteiger partial charge in [0.2, 0.25) is 0 Å². The summed E-state index contributed by atoms with van der Waals surface area (Å²) in [4.78, 5) is 0.151. The number of hydrogen-bond donors (Lipinski definition) is 0. The van der Waals surface area contributed by atoms with E-state index in [1.807, 2.05) is 31.2 Å². The van der Waals surface area contributed by atoms with Crippen LogP contribution in [0.25, 0.3) is 0 Å². The molecule has 0 aliphatic rings. The Morgan fingerprint density at radius 1 is 0.905 bits per heavy atom. The highest BCUT2D eigenvalue weighted by Gasteiger charge is 2.11. The average molecular weight is 349 g/mol. The van der Waals surface area contributed by atoms with E-state index in [0.29, 0.717) is 6.61 Å². The number of benzene rings is 2. The molecule has 2 aromatic rings. The Balaban J connectivity index is 2.13. The molecule has 3 heteroatoms. The Morgan fingerprint density at radius 3 is 2.33 bits per heavy atom. The molecule has 0 aliphatic heterocycles. The summed E-state index contributed by atoms with van der Waals surface area (Å²) >= 11 is 3.76. The number of halogens is 1. The predicted octanol–water partition coefficient (Wildman–Crippen LogP) is 5.36. The van der Waals surface area contributed by atoms with Crippen molar-refractivity contribution in [3.8, 4) is 11.5 Å². The second-order valence-electron chi connectivity index (χ2n) is 4.79.